The number of methoxy groups -OCH3 is 1. The summed E-state index contributed by atoms with van der Waals surface area (Å²) < 4.78 is 20.1. The van der Waals surface area contributed by atoms with E-state index >= 15 is 0 Å². The van der Waals surface area contributed by atoms with Gasteiger partial charge < -0.3 is 4.74 Å². The molecule has 0 fully saturated rings. The van der Waals surface area contributed by atoms with E-state index in [9.17, 15) is 4.39 Å². The summed E-state index contributed by atoms with van der Waals surface area (Å²) in [5, 5.41) is 8.87. The first-order valence-corrected chi connectivity index (χ1v) is 6.62. The van der Waals surface area contributed by atoms with Crippen LogP contribution >= 0.6 is 15.9 Å². The molecule has 2 aromatic rings. The molecule has 0 radical (unpaired) electrons. The van der Waals surface area contributed by atoms with Crippen LogP contribution in [-0.2, 0) is 13.0 Å². The highest BCUT2D eigenvalue weighted by Crippen LogP contribution is 2.20. The number of rotatable bonds is 5. The Morgan fingerprint density at radius 2 is 2.28 bits per heavy atom. The van der Waals surface area contributed by atoms with Gasteiger partial charge in [-0.3, -0.25) is 0 Å². The Morgan fingerprint density at radius 3 is 3.00 bits per heavy atom. The van der Waals surface area contributed by atoms with Crippen LogP contribution in [-0.4, -0.2) is 27.4 Å². The SMILES string of the molecule is COc1ccc(F)cc1Cn1cc(CCBr)nn1. The molecule has 0 amide bonds. The average Bonchev–Trinajstić information content (AvgIpc) is 2.77. The quantitative estimate of drug-likeness (QED) is 0.796. The maximum absolute atomic E-state index is 13.2. The molecular weight excluding hydrogens is 301 g/mol. The molecule has 1 aromatic carbocycles. The van der Waals surface area contributed by atoms with E-state index in [4.69, 9.17) is 4.74 Å². The number of hydrogen-bond donors (Lipinski definition) is 0. The zero-order chi connectivity index (χ0) is 13.0. The fraction of sp³-hybridized carbons (Fsp3) is 0.333. The smallest absolute Gasteiger partial charge is 0.124 e. The summed E-state index contributed by atoms with van der Waals surface area (Å²) in [5.74, 6) is 0.362. The molecule has 2 rings (SSSR count). The van der Waals surface area contributed by atoms with Crippen LogP contribution in [0.15, 0.2) is 24.4 Å². The number of halogens is 2. The van der Waals surface area contributed by atoms with Crippen molar-refractivity contribution in [3.05, 3.63) is 41.5 Å². The van der Waals surface area contributed by atoms with Gasteiger partial charge in [-0.05, 0) is 18.2 Å². The summed E-state index contributed by atoms with van der Waals surface area (Å²) in [5.41, 5.74) is 1.65. The van der Waals surface area contributed by atoms with Gasteiger partial charge in [0.15, 0.2) is 0 Å². The summed E-state index contributed by atoms with van der Waals surface area (Å²) in [6.07, 6.45) is 2.67. The maximum Gasteiger partial charge on any atom is 0.124 e. The van der Waals surface area contributed by atoms with E-state index in [1.807, 2.05) is 6.20 Å². The van der Waals surface area contributed by atoms with Gasteiger partial charge in [0.1, 0.15) is 11.6 Å². The van der Waals surface area contributed by atoms with E-state index in [1.54, 1.807) is 17.9 Å². The molecule has 18 heavy (non-hydrogen) atoms. The van der Waals surface area contributed by atoms with Crippen molar-refractivity contribution in [1.29, 1.82) is 0 Å². The number of hydrogen-bond acceptors (Lipinski definition) is 3. The van der Waals surface area contributed by atoms with Crippen molar-refractivity contribution >= 4 is 15.9 Å². The zero-order valence-corrected chi connectivity index (χ0v) is 11.5. The number of aromatic nitrogens is 3. The second-order valence-corrected chi connectivity index (χ2v) is 4.60. The Balaban J connectivity index is 2.19. The van der Waals surface area contributed by atoms with Gasteiger partial charge in [-0.15, -0.1) is 5.10 Å². The van der Waals surface area contributed by atoms with Crippen LogP contribution in [0.5, 0.6) is 5.75 Å². The number of aryl methyl sites for hydroxylation is 1. The molecule has 0 aliphatic rings. The third-order valence-electron chi connectivity index (χ3n) is 2.51. The normalized spacial score (nSPS) is 10.6. The summed E-state index contributed by atoms with van der Waals surface area (Å²) in [4.78, 5) is 0. The average molecular weight is 314 g/mol. The van der Waals surface area contributed by atoms with Crippen LogP contribution in [0.1, 0.15) is 11.3 Å². The van der Waals surface area contributed by atoms with Crippen LogP contribution < -0.4 is 4.74 Å². The second-order valence-electron chi connectivity index (χ2n) is 3.80. The fourth-order valence-corrected chi connectivity index (χ4v) is 2.08. The van der Waals surface area contributed by atoms with E-state index in [-0.39, 0.29) is 5.82 Å². The first-order valence-electron chi connectivity index (χ1n) is 5.50. The lowest BCUT2D eigenvalue weighted by molar-refractivity contribution is 0.405. The summed E-state index contributed by atoms with van der Waals surface area (Å²) in [6.45, 7) is 0.441. The minimum atomic E-state index is -0.286. The molecule has 4 nitrogen and oxygen atoms in total. The van der Waals surface area contributed by atoms with Crippen molar-refractivity contribution in [3.8, 4) is 5.75 Å². The van der Waals surface area contributed by atoms with Gasteiger partial charge in [-0.25, -0.2) is 9.07 Å². The topological polar surface area (TPSA) is 39.9 Å². The van der Waals surface area contributed by atoms with E-state index in [2.05, 4.69) is 26.2 Å². The Kier molecular flexibility index (Phi) is 4.30. The fourth-order valence-electron chi connectivity index (χ4n) is 1.67. The first kappa shape index (κ1) is 13.0. The molecule has 6 heteroatoms. The summed E-state index contributed by atoms with van der Waals surface area (Å²) >= 11 is 3.35. The summed E-state index contributed by atoms with van der Waals surface area (Å²) in [6, 6.07) is 4.44. The predicted octanol–water partition coefficient (Wildman–Crippen LogP) is 2.41. The highest BCUT2D eigenvalue weighted by molar-refractivity contribution is 9.09. The van der Waals surface area contributed by atoms with Crippen LogP contribution in [0, 0.1) is 5.82 Å². The van der Waals surface area contributed by atoms with Gasteiger partial charge in [0.25, 0.3) is 0 Å². The van der Waals surface area contributed by atoms with Gasteiger partial charge >= 0.3 is 0 Å². The maximum atomic E-state index is 13.2. The molecule has 1 heterocycles. The monoisotopic (exact) mass is 313 g/mol. The standard InChI is InChI=1S/C12H13BrFN3O/c1-18-12-3-2-10(14)6-9(12)7-17-8-11(4-5-13)15-16-17/h2-3,6,8H,4-5,7H2,1H3. The third-order valence-corrected chi connectivity index (χ3v) is 2.91. The molecule has 0 unspecified atom stereocenters. The largest absolute Gasteiger partial charge is 0.496 e. The molecule has 96 valence electrons. The Hall–Kier alpha value is -1.43. The molecule has 0 saturated heterocycles. The molecule has 0 aliphatic carbocycles. The third kappa shape index (κ3) is 3.07. The van der Waals surface area contributed by atoms with Crippen molar-refractivity contribution < 1.29 is 9.13 Å². The minimum absolute atomic E-state index is 0.286. The molecule has 0 spiro atoms. The lowest BCUT2D eigenvalue weighted by Crippen LogP contribution is -2.03. The first-order chi connectivity index (χ1) is 8.72. The van der Waals surface area contributed by atoms with Crippen molar-refractivity contribution in [3.63, 3.8) is 0 Å². The van der Waals surface area contributed by atoms with Crippen molar-refractivity contribution in [2.75, 3.05) is 12.4 Å². The number of benzene rings is 1. The number of alkyl halides is 1. The Labute approximate surface area is 113 Å². The molecule has 0 N–H and O–H groups in total. The van der Waals surface area contributed by atoms with Gasteiger partial charge in [-0.1, -0.05) is 21.1 Å². The zero-order valence-electron chi connectivity index (χ0n) is 9.94. The van der Waals surface area contributed by atoms with Crippen molar-refractivity contribution in [2.45, 2.75) is 13.0 Å². The molecule has 0 atom stereocenters. The number of nitrogens with zero attached hydrogens (tertiary/aromatic N) is 3. The van der Waals surface area contributed by atoms with Gasteiger partial charge in [0.05, 0.1) is 19.3 Å². The van der Waals surface area contributed by atoms with Crippen molar-refractivity contribution in [2.24, 2.45) is 0 Å². The molecular formula is C12H13BrFN3O. The van der Waals surface area contributed by atoms with Gasteiger partial charge in [0.2, 0.25) is 0 Å². The highest BCUT2D eigenvalue weighted by Gasteiger charge is 2.07. The second kappa shape index (κ2) is 5.95. The molecule has 0 aliphatic heterocycles. The molecule has 1 aromatic heterocycles. The molecule has 0 saturated carbocycles. The Bertz CT molecular complexity index is 530. The van der Waals surface area contributed by atoms with E-state index in [1.165, 1.54) is 12.1 Å². The van der Waals surface area contributed by atoms with E-state index in [0.29, 0.717) is 12.3 Å². The van der Waals surface area contributed by atoms with Gasteiger partial charge in [0, 0.05) is 23.5 Å². The Morgan fingerprint density at radius 1 is 1.44 bits per heavy atom. The predicted molar refractivity (Wildman–Crippen MR) is 69.6 cm³/mol. The minimum Gasteiger partial charge on any atom is -0.496 e. The van der Waals surface area contributed by atoms with Crippen LogP contribution in [0.2, 0.25) is 0 Å². The van der Waals surface area contributed by atoms with Crippen LogP contribution in [0.25, 0.3) is 0 Å². The van der Waals surface area contributed by atoms with E-state index < -0.39 is 0 Å². The lowest BCUT2D eigenvalue weighted by atomic mass is 10.2. The lowest BCUT2D eigenvalue weighted by Gasteiger charge is -2.07. The van der Waals surface area contributed by atoms with Crippen LogP contribution in [0.3, 0.4) is 0 Å². The highest BCUT2D eigenvalue weighted by atomic mass is 79.9. The number of ether oxygens (including phenoxy) is 1. The van der Waals surface area contributed by atoms with Crippen LogP contribution in [0.4, 0.5) is 4.39 Å². The summed E-state index contributed by atoms with van der Waals surface area (Å²) in [7, 11) is 1.56. The van der Waals surface area contributed by atoms with E-state index in [0.717, 1.165) is 23.0 Å². The molecule has 0 bridgehead atoms. The van der Waals surface area contributed by atoms with Crippen molar-refractivity contribution in [1.82, 2.24) is 15.0 Å². The van der Waals surface area contributed by atoms with Gasteiger partial charge in [-0.2, -0.15) is 0 Å².